The first kappa shape index (κ1) is 18.1. The summed E-state index contributed by atoms with van der Waals surface area (Å²) in [5.41, 5.74) is 3.06. The molecule has 0 atom stereocenters. The molecule has 0 aliphatic heterocycles. The molecule has 0 fully saturated rings. The molecule has 0 spiro atoms. The predicted octanol–water partition coefficient (Wildman–Crippen LogP) is 5.00. The molecule has 4 aromatic rings. The molecule has 0 aliphatic rings. The number of halogens is 1. The maximum atomic E-state index is 13.1. The summed E-state index contributed by atoms with van der Waals surface area (Å²) >= 11 is 1.28. The molecule has 0 aliphatic carbocycles. The molecule has 1 amide bonds. The van der Waals surface area contributed by atoms with Crippen molar-refractivity contribution in [2.75, 3.05) is 5.32 Å². The zero-order valence-electron chi connectivity index (χ0n) is 15.3. The van der Waals surface area contributed by atoms with Gasteiger partial charge in [-0.3, -0.25) is 4.79 Å². The van der Waals surface area contributed by atoms with Gasteiger partial charge in [-0.2, -0.15) is 5.10 Å². The maximum absolute atomic E-state index is 13.1. The predicted molar refractivity (Wildman–Crippen MR) is 108 cm³/mol. The van der Waals surface area contributed by atoms with E-state index in [0.29, 0.717) is 21.4 Å². The number of rotatable bonds is 4. The molecule has 4 rings (SSSR count). The highest BCUT2D eigenvalue weighted by atomic mass is 32.1. The lowest BCUT2D eigenvalue weighted by Crippen LogP contribution is -2.14. The van der Waals surface area contributed by atoms with Gasteiger partial charge in [0.1, 0.15) is 21.5 Å². The first-order valence-corrected chi connectivity index (χ1v) is 9.50. The van der Waals surface area contributed by atoms with Crippen molar-refractivity contribution in [1.29, 1.82) is 0 Å². The summed E-state index contributed by atoms with van der Waals surface area (Å²) < 4.78 is 14.8. The highest BCUT2D eigenvalue weighted by molar-refractivity contribution is 7.17. The largest absolute Gasteiger partial charge is 0.306 e. The van der Waals surface area contributed by atoms with Crippen LogP contribution in [0.15, 0.2) is 60.7 Å². The number of carbonyl (C=O) groups is 1. The smallest absolute Gasteiger partial charge is 0.268 e. The van der Waals surface area contributed by atoms with Gasteiger partial charge in [-0.15, -0.1) is 11.3 Å². The van der Waals surface area contributed by atoms with Gasteiger partial charge in [-0.05, 0) is 50.2 Å². The molecule has 0 saturated carbocycles. The van der Waals surface area contributed by atoms with Crippen molar-refractivity contribution < 1.29 is 9.18 Å². The van der Waals surface area contributed by atoms with Crippen molar-refractivity contribution in [3.63, 3.8) is 0 Å². The Morgan fingerprint density at radius 2 is 1.79 bits per heavy atom. The monoisotopic (exact) mass is 392 g/mol. The quantitative estimate of drug-likeness (QED) is 0.531. The van der Waals surface area contributed by atoms with Crippen LogP contribution in [0.2, 0.25) is 0 Å². The fourth-order valence-electron chi connectivity index (χ4n) is 2.85. The lowest BCUT2D eigenvalue weighted by molar-refractivity contribution is 0.102. The SMILES string of the molecule is Cc1cc(NC(=O)c2sc(-c3ccc(F)cc3)nc2C)n(-c2ccccc2)n1. The van der Waals surface area contributed by atoms with Gasteiger partial charge < -0.3 is 5.32 Å². The summed E-state index contributed by atoms with van der Waals surface area (Å²) in [5, 5.41) is 8.07. The van der Waals surface area contributed by atoms with Crippen molar-refractivity contribution >= 4 is 23.1 Å². The molecule has 0 unspecified atom stereocenters. The molecule has 0 bridgehead atoms. The molecule has 5 nitrogen and oxygen atoms in total. The number of hydrogen-bond donors (Lipinski definition) is 1. The van der Waals surface area contributed by atoms with Crippen LogP contribution in [0.4, 0.5) is 10.2 Å². The number of nitrogens with one attached hydrogen (secondary N) is 1. The molecule has 7 heteroatoms. The van der Waals surface area contributed by atoms with E-state index in [1.807, 2.05) is 43.3 Å². The minimum atomic E-state index is -0.306. The highest BCUT2D eigenvalue weighted by Gasteiger charge is 2.18. The molecule has 0 radical (unpaired) electrons. The van der Waals surface area contributed by atoms with Crippen LogP contribution in [0.1, 0.15) is 21.1 Å². The summed E-state index contributed by atoms with van der Waals surface area (Å²) in [6, 6.07) is 17.5. The fraction of sp³-hybridized carbons (Fsp3) is 0.0952. The van der Waals surface area contributed by atoms with E-state index in [1.165, 1.54) is 23.5 Å². The van der Waals surface area contributed by atoms with Gasteiger partial charge in [-0.1, -0.05) is 18.2 Å². The van der Waals surface area contributed by atoms with Crippen LogP contribution in [-0.2, 0) is 0 Å². The molecule has 2 heterocycles. The Morgan fingerprint density at radius 1 is 1.07 bits per heavy atom. The number of para-hydroxylation sites is 1. The van der Waals surface area contributed by atoms with Gasteiger partial charge in [0.2, 0.25) is 0 Å². The van der Waals surface area contributed by atoms with E-state index in [4.69, 9.17) is 0 Å². The van der Waals surface area contributed by atoms with Crippen LogP contribution in [0.3, 0.4) is 0 Å². The third-order valence-corrected chi connectivity index (χ3v) is 5.37. The topological polar surface area (TPSA) is 59.8 Å². The van der Waals surface area contributed by atoms with Gasteiger partial charge >= 0.3 is 0 Å². The Hall–Kier alpha value is -3.32. The van der Waals surface area contributed by atoms with Crippen molar-refractivity contribution in [2.45, 2.75) is 13.8 Å². The van der Waals surface area contributed by atoms with Gasteiger partial charge in [0.15, 0.2) is 0 Å². The molecule has 140 valence electrons. The Kier molecular flexibility index (Phi) is 4.75. The second kappa shape index (κ2) is 7.36. The van der Waals surface area contributed by atoms with E-state index >= 15 is 0 Å². The molecule has 28 heavy (non-hydrogen) atoms. The average Bonchev–Trinajstić information content (AvgIpc) is 3.25. The van der Waals surface area contributed by atoms with Gasteiger partial charge in [0, 0.05) is 11.6 Å². The zero-order chi connectivity index (χ0) is 19.7. The normalized spacial score (nSPS) is 10.8. The highest BCUT2D eigenvalue weighted by Crippen LogP contribution is 2.29. The zero-order valence-corrected chi connectivity index (χ0v) is 16.1. The second-order valence-electron chi connectivity index (χ2n) is 6.31. The van der Waals surface area contributed by atoms with Gasteiger partial charge in [0.05, 0.1) is 17.1 Å². The summed E-state index contributed by atoms with van der Waals surface area (Å²) in [7, 11) is 0. The first-order valence-electron chi connectivity index (χ1n) is 8.68. The number of aromatic nitrogens is 3. The fourth-order valence-corrected chi connectivity index (χ4v) is 3.82. The maximum Gasteiger partial charge on any atom is 0.268 e. The van der Waals surface area contributed by atoms with E-state index in [-0.39, 0.29) is 11.7 Å². The standard InChI is InChI=1S/C21H17FN4OS/c1-13-12-18(26(25-13)17-6-4-3-5-7-17)24-20(27)19-14(2)23-21(28-19)15-8-10-16(22)11-9-15/h3-12H,1-2H3,(H,24,27). The van der Waals surface area contributed by atoms with E-state index < -0.39 is 0 Å². The average molecular weight is 392 g/mol. The van der Waals surface area contributed by atoms with E-state index in [2.05, 4.69) is 15.4 Å². The van der Waals surface area contributed by atoms with E-state index in [9.17, 15) is 9.18 Å². The number of hydrogen-bond acceptors (Lipinski definition) is 4. The number of thiazole rings is 1. The lowest BCUT2D eigenvalue weighted by Gasteiger charge is -2.08. The molecule has 0 saturated heterocycles. The summed E-state index contributed by atoms with van der Waals surface area (Å²) in [6.45, 7) is 3.66. The molecule has 2 aromatic carbocycles. The Morgan fingerprint density at radius 3 is 2.50 bits per heavy atom. The third kappa shape index (κ3) is 3.57. The number of nitrogens with zero attached hydrogens (tertiary/aromatic N) is 3. The summed E-state index contributed by atoms with van der Waals surface area (Å²) in [4.78, 5) is 17.9. The lowest BCUT2D eigenvalue weighted by atomic mass is 10.2. The number of aryl methyl sites for hydroxylation is 2. The Bertz CT molecular complexity index is 1130. The van der Waals surface area contributed by atoms with Gasteiger partial charge in [0.25, 0.3) is 5.91 Å². The van der Waals surface area contributed by atoms with Crippen molar-refractivity contribution in [1.82, 2.24) is 14.8 Å². The Labute approximate surface area is 165 Å². The second-order valence-corrected chi connectivity index (χ2v) is 7.31. The van der Waals surface area contributed by atoms with Crippen LogP contribution >= 0.6 is 11.3 Å². The van der Waals surface area contributed by atoms with Crippen molar-refractivity contribution in [3.8, 4) is 16.3 Å². The minimum Gasteiger partial charge on any atom is -0.306 e. The van der Waals surface area contributed by atoms with E-state index in [1.54, 1.807) is 23.7 Å². The minimum absolute atomic E-state index is 0.250. The summed E-state index contributed by atoms with van der Waals surface area (Å²) in [6.07, 6.45) is 0. The van der Waals surface area contributed by atoms with Crippen LogP contribution in [0.25, 0.3) is 16.3 Å². The number of anilines is 1. The first-order chi connectivity index (χ1) is 13.5. The molecule has 2 aromatic heterocycles. The molecule has 1 N–H and O–H groups in total. The third-order valence-electron chi connectivity index (χ3n) is 4.17. The van der Waals surface area contributed by atoms with Crippen LogP contribution < -0.4 is 5.32 Å². The van der Waals surface area contributed by atoms with Crippen LogP contribution in [-0.4, -0.2) is 20.7 Å². The van der Waals surface area contributed by atoms with Crippen molar-refractivity contribution in [3.05, 3.63) is 82.7 Å². The number of carbonyl (C=O) groups excluding carboxylic acids is 1. The van der Waals surface area contributed by atoms with E-state index in [0.717, 1.165) is 16.9 Å². The van der Waals surface area contributed by atoms with Crippen molar-refractivity contribution in [2.24, 2.45) is 0 Å². The van der Waals surface area contributed by atoms with Crippen LogP contribution in [0, 0.1) is 19.7 Å². The molecular formula is C21H17FN4OS. The number of benzene rings is 2. The van der Waals surface area contributed by atoms with Crippen LogP contribution in [0.5, 0.6) is 0 Å². The number of amides is 1. The Balaban J connectivity index is 1.63. The molecular weight excluding hydrogens is 375 g/mol. The summed E-state index contributed by atoms with van der Waals surface area (Å²) in [5.74, 6) is 0.0322. The van der Waals surface area contributed by atoms with Gasteiger partial charge in [-0.25, -0.2) is 14.1 Å².